The van der Waals surface area contributed by atoms with Gasteiger partial charge in [0.2, 0.25) is 5.91 Å². The number of aromatic amines is 2. The Morgan fingerprint density at radius 3 is 2.59 bits per heavy atom. The number of pyridine rings is 3. The van der Waals surface area contributed by atoms with Crippen LogP contribution in [0.15, 0.2) is 64.8 Å². The second-order valence-corrected chi connectivity index (χ2v) is 10.1. The molecule has 0 bridgehead atoms. The van der Waals surface area contributed by atoms with Crippen molar-refractivity contribution in [1.29, 1.82) is 0 Å². The molecule has 7 heterocycles. The van der Waals surface area contributed by atoms with Gasteiger partial charge in [-0.3, -0.25) is 29.0 Å². The molecule has 0 spiro atoms. The quantitative estimate of drug-likeness (QED) is 0.270. The van der Waals surface area contributed by atoms with Gasteiger partial charge < -0.3 is 10.7 Å². The van der Waals surface area contributed by atoms with Gasteiger partial charge in [0, 0.05) is 66.6 Å². The molecule has 1 saturated heterocycles. The van der Waals surface area contributed by atoms with E-state index in [1.807, 2.05) is 35.4 Å². The number of carbonyl (C=O) groups is 1. The van der Waals surface area contributed by atoms with Gasteiger partial charge in [0.15, 0.2) is 5.82 Å². The van der Waals surface area contributed by atoms with Gasteiger partial charge in [-0.15, -0.1) is 0 Å². The van der Waals surface area contributed by atoms with E-state index in [1.54, 1.807) is 23.2 Å². The molecule has 41 heavy (non-hydrogen) atoms. The van der Waals surface area contributed by atoms with E-state index in [-0.39, 0.29) is 23.9 Å². The molecule has 1 amide bonds. The molecule has 204 valence electrons. The number of aromatic nitrogens is 8. The fourth-order valence-electron chi connectivity index (χ4n) is 5.59. The number of amides is 1. The number of piperidine rings is 1. The standard InChI is InChI=1S/C28H24N10O3/c29-22(39)14-37-8-5-16(6-9-37)38-24-19(27(40)36-28(38)41)13-31-21-4-3-20(35-23(21)24)15-10-32-26(33-11-15)18-12-34-25-17(18)2-1-7-30-25/h1-4,7,10-13,16H,5-6,8-9,14H2,(H2,29,39)(H,30,34)(H,36,40,41). The van der Waals surface area contributed by atoms with Gasteiger partial charge in [-0.1, -0.05) is 0 Å². The molecule has 0 saturated carbocycles. The summed E-state index contributed by atoms with van der Waals surface area (Å²) in [5.41, 5.74) is 8.60. The minimum absolute atomic E-state index is 0.170. The van der Waals surface area contributed by atoms with Crippen molar-refractivity contribution in [3.63, 3.8) is 0 Å². The van der Waals surface area contributed by atoms with E-state index >= 15 is 0 Å². The third-order valence-corrected chi connectivity index (χ3v) is 7.55. The number of hydrogen-bond acceptors (Lipinski definition) is 9. The highest BCUT2D eigenvalue weighted by Gasteiger charge is 2.25. The van der Waals surface area contributed by atoms with Crippen LogP contribution in [0.25, 0.3) is 55.6 Å². The molecule has 13 nitrogen and oxygen atoms in total. The Bertz CT molecular complexity index is 2070. The Kier molecular flexibility index (Phi) is 5.86. The lowest BCUT2D eigenvalue weighted by atomic mass is 10.0. The van der Waals surface area contributed by atoms with Gasteiger partial charge in [-0.2, -0.15) is 0 Å². The van der Waals surface area contributed by atoms with Crippen molar-refractivity contribution in [2.24, 2.45) is 5.73 Å². The van der Waals surface area contributed by atoms with Crippen LogP contribution in [0, 0.1) is 0 Å². The number of nitrogens with zero attached hydrogens (tertiary/aromatic N) is 7. The summed E-state index contributed by atoms with van der Waals surface area (Å²) in [7, 11) is 0. The fraction of sp³-hybridized carbons (Fsp3) is 0.214. The fourth-order valence-corrected chi connectivity index (χ4v) is 5.59. The molecule has 0 radical (unpaired) electrons. The van der Waals surface area contributed by atoms with Crippen LogP contribution in [-0.4, -0.2) is 69.9 Å². The molecule has 0 aromatic carbocycles. The highest BCUT2D eigenvalue weighted by molar-refractivity contribution is 6.01. The maximum atomic E-state index is 13.2. The van der Waals surface area contributed by atoms with Gasteiger partial charge in [0.05, 0.1) is 28.7 Å². The highest BCUT2D eigenvalue weighted by Crippen LogP contribution is 2.29. The zero-order chi connectivity index (χ0) is 28.1. The molecule has 6 aromatic rings. The van der Waals surface area contributed by atoms with E-state index in [4.69, 9.17) is 10.7 Å². The predicted octanol–water partition coefficient (Wildman–Crippen LogP) is 1.76. The molecule has 4 N–H and O–H groups in total. The van der Waals surface area contributed by atoms with Crippen molar-refractivity contribution in [2.75, 3.05) is 19.6 Å². The number of carbonyl (C=O) groups excluding carboxylic acids is 1. The van der Waals surface area contributed by atoms with Crippen molar-refractivity contribution < 1.29 is 4.79 Å². The van der Waals surface area contributed by atoms with Crippen molar-refractivity contribution >= 4 is 38.9 Å². The van der Waals surface area contributed by atoms with Crippen LogP contribution in [0.1, 0.15) is 18.9 Å². The minimum Gasteiger partial charge on any atom is -0.369 e. The van der Waals surface area contributed by atoms with Crippen molar-refractivity contribution in [3.05, 3.63) is 76.1 Å². The number of hydrogen-bond donors (Lipinski definition) is 3. The Hall–Kier alpha value is -5.30. The van der Waals surface area contributed by atoms with Crippen molar-refractivity contribution in [2.45, 2.75) is 18.9 Å². The van der Waals surface area contributed by atoms with Crippen LogP contribution < -0.4 is 17.0 Å². The molecule has 0 unspecified atom stereocenters. The minimum atomic E-state index is -0.519. The van der Waals surface area contributed by atoms with E-state index in [0.717, 1.165) is 16.6 Å². The lowest BCUT2D eigenvalue weighted by molar-refractivity contribution is -0.119. The highest BCUT2D eigenvalue weighted by atomic mass is 16.2. The van der Waals surface area contributed by atoms with Gasteiger partial charge in [-0.25, -0.2) is 24.7 Å². The average Bonchev–Trinajstić information content (AvgIpc) is 3.42. The van der Waals surface area contributed by atoms with Crippen LogP contribution in [0.4, 0.5) is 0 Å². The van der Waals surface area contributed by atoms with Crippen LogP contribution >= 0.6 is 0 Å². The number of fused-ring (bicyclic) bond motifs is 4. The Morgan fingerprint density at radius 1 is 1.00 bits per heavy atom. The summed E-state index contributed by atoms with van der Waals surface area (Å²) in [6.07, 6.45) is 9.62. The van der Waals surface area contributed by atoms with Crippen molar-refractivity contribution in [1.82, 2.24) is 44.4 Å². The summed E-state index contributed by atoms with van der Waals surface area (Å²) in [5.74, 6) is 0.156. The first kappa shape index (κ1) is 24.7. The monoisotopic (exact) mass is 548 g/mol. The first-order chi connectivity index (χ1) is 20.0. The number of nitrogens with two attached hydrogens (primary N) is 1. The predicted molar refractivity (Wildman–Crippen MR) is 152 cm³/mol. The summed E-state index contributed by atoms with van der Waals surface area (Å²) < 4.78 is 1.61. The second kappa shape index (κ2) is 9.71. The molecule has 13 heteroatoms. The number of rotatable bonds is 5. The molecule has 1 aliphatic rings. The lowest BCUT2D eigenvalue weighted by Gasteiger charge is -2.32. The normalized spacial score (nSPS) is 14.7. The first-order valence-corrected chi connectivity index (χ1v) is 13.2. The molecular weight excluding hydrogens is 524 g/mol. The third kappa shape index (κ3) is 4.32. The molecule has 1 fully saturated rings. The summed E-state index contributed by atoms with van der Waals surface area (Å²) in [6, 6.07) is 7.24. The Balaban J connectivity index is 1.31. The molecular formula is C28H24N10O3. The maximum Gasteiger partial charge on any atom is 0.329 e. The third-order valence-electron chi connectivity index (χ3n) is 7.55. The topological polar surface area (TPSA) is 181 Å². The largest absolute Gasteiger partial charge is 0.369 e. The summed E-state index contributed by atoms with van der Waals surface area (Å²) in [6.45, 7) is 1.36. The van der Waals surface area contributed by atoms with Crippen LogP contribution in [0.5, 0.6) is 0 Å². The molecule has 7 rings (SSSR count). The molecule has 1 aliphatic heterocycles. The van der Waals surface area contributed by atoms with Crippen molar-refractivity contribution in [3.8, 4) is 22.6 Å². The first-order valence-electron chi connectivity index (χ1n) is 13.2. The number of likely N-dealkylation sites (tertiary alicyclic amines) is 1. The summed E-state index contributed by atoms with van der Waals surface area (Å²) >= 11 is 0. The Morgan fingerprint density at radius 2 is 1.80 bits per heavy atom. The molecule has 6 aromatic heterocycles. The second-order valence-electron chi connectivity index (χ2n) is 10.1. The SMILES string of the molecule is NC(=O)CN1CCC(n2c(=O)[nH]c(=O)c3cnc4ccc(-c5cnc(-c6c[nH]c7ncccc67)nc5)nc4c32)CC1. The summed E-state index contributed by atoms with van der Waals surface area (Å²) in [4.78, 5) is 67.7. The van der Waals surface area contributed by atoms with E-state index in [9.17, 15) is 14.4 Å². The smallest absolute Gasteiger partial charge is 0.329 e. The van der Waals surface area contributed by atoms with E-state index in [0.29, 0.717) is 59.6 Å². The van der Waals surface area contributed by atoms with Gasteiger partial charge in [-0.05, 0) is 37.1 Å². The lowest BCUT2D eigenvalue weighted by Crippen LogP contribution is -2.42. The van der Waals surface area contributed by atoms with Crippen LogP contribution in [-0.2, 0) is 4.79 Å². The molecule has 0 atom stereocenters. The maximum absolute atomic E-state index is 13.2. The van der Waals surface area contributed by atoms with Gasteiger partial charge >= 0.3 is 5.69 Å². The van der Waals surface area contributed by atoms with Gasteiger partial charge in [0.1, 0.15) is 11.2 Å². The van der Waals surface area contributed by atoms with Crippen LogP contribution in [0.3, 0.4) is 0 Å². The average molecular weight is 549 g/mol. The number of H-pyrrole nitrogens is 2. The van der Waals surface area contributed by atoms with Crippen LogP contribution in [0.2, 0.25) is 0 Å². The molecule has 0 aliphatic carbocycles. The number of primary amides is 1. The Labute approximate surface area is 231 Å². The van der Waals surface area contributed by atoms with E-state index in [2.05, 4.69) is 29.9 Å². The van der Waals surface area contributed by atoms with E-state index in [1.165, 1.54) is 6.20 Å². The van der Waals surface area contributed by atoms with Gasteiger partial charge in [0.25, 0.3) is 5.56 Å². The zero-order valence-corrected chi connectivity index (χ0v) is 21.7. The van der Waals surface area contributed by atoms with E-state index < -0.39 is 11.2 Å². The summed E-state index contributed by atoms with van der Waals surface area (Å²) in [5, 5.41) is 1.20. The number of nitrogens with one attached hydrogen (secondary N) is 2. The zero-order valence-electron chi connectivity index (χ0n) is 21.7.